The summed E-state index contributed by atoms with van der Waals surface area (Å²) in [7, 11) is 0. The van der Waals surface area contributed by atoms with Crippen LogP contribution in [0.4, 0.5) is 0 Å². The molecule has 3 aromatic rings. The third kappa shape index (κ3) is 4.84. The Bertz CT molecular complexity index is 894. The number of nitrogens with one attached hydrogen (secondary N) is 1. The van der Waals surface area contributed by atoms with E-state index in [1.54, 1.807) is 0 Å². The molecule has 1 saturated heterocycles. The number of para-hydroxylation sites is 2. The fourth-order valence-corrected chi connectivity index (χ4v) is 4.03. The monoisotopic (exact) mass is 403 g/mol. The maximum atomic E-state index is 6.72. The Balaban J connectivity index is 1.77. The molecule has 3 atom stereocenters. The van der Waals surface area contributed by atoms with Crippen molar-refractivity contribution in [3.63, 3.8) is 0 Å². The zero-order valence-electron chi connectivity index (χ0n) is 17.4. The minimum atomic E-state index is -0.222. The van der Waals surface area contributed by atoms with Crippen LogP contribution in [0.25, 0.3) is 0 Å². The summed E-state index contributed by atoms with van der Waals surface area (Å²) in [5, 5.41) is 3.48. The number of morpholine rings is 1. The predicted molar refractivity (Wildman–Crippen MR) is 119 cm³/mol. The van der Waals surface area contributed by atoms with Crippen molar-refractivity contribution in [1.29, 1.82) is 0 Å². The van der Waals surface area contributed by atoms with Crippen molar-refractivity contribution in [2.75, 3.05) is 26.3 Å². The van der Waals surface area contributed by atoms with Crippen molar-refractivity contribution < 1.29 is 14.2 Å². The van der Waals surface area contributed by atoms with Gasteiger partial charge in [-0.2, -0.15) is 0 Å². The van der Waals surface area contributed by atoms with Gasteiger partial charge in [0, 0.05) is 13.1 Å². The first-order valence-electron chi connectivity index (χ1n) is 10.7. The van der Waals surface area contributed by atoms with E-state index in [0.29, 0.717) is 13.2 Å². The average Bonchev–Trinajstić information content (AvgIpc) is 2.82. The molecular weight excluding hydrogens is 374 g/mol. The highest BCUT2D eigenvalue weighted by molar-refractivity contribution is 5.41. The summed E-state index contributed by atoms with van der Waals surface area (Å²) in [6.45, 7) is 4.94. The highest BCUT2D eigenvalue weighted by atomic mass is 16.5. The molecule has 0 aromatic heterocycles. The topological polar surface area (TPSA) is 39.7 Å². The first kappa shape index (κ1) is 20.5. The minimum Gasteiger partial charge on any atom is -0.490 e. The average molecular weight is 404 g/mol. The largest absolute Gasteiger partial charge is 0.490 e. The van der Waals surface area contributed by atoms with Gasteiger partial charge >= 0.3 is 0 Å². The van der Waals surface area contributed by atoms with Gasteiger partial charge in [-0.25, -0.2) is 0 Å². The van der Waals surface area contributed by atoms with Crippen molar-refractivity contribution in [1.82, 2.24) is 5.32 Å². The number of benzene rings is 3. The summed E-state index contributed by atoms with van der Waals surface area (Å²) in [5.41, 5.74) is 2.32. The molecule has 1 aliphatic heterocycles. The first-order chi connectivity index (χ1) is 14.9. The van der Waals surface area contributed by atoms with Crippen molar-refractivity contribution in [2.24, 2.45) is 0 Å². The quantitative estimate of drug-likeness (QED) is 0.576. The standard InChI is InChI=1S/C26H29NO3/c1-2-28-22-15-9-10-16-23(22)30-26(21-13-7-4-8-14-21)25(20-11-5-3-6-12-20)24-19-27-17-18-29-24/h3-16,24-27H,2,17-19H2,1H3/t24-,25?,26-/m0/s1. The van der Waals surface area contributed by atoms with E-state index < -0.39 is 0 Å². The lowest BCUT2D eigenvalue weighted by Crippen LogP contribution is -2.44. The van der Waals surface area contributed by atoms with Gasteiger partial charge in [0.2, 0.25) is 0 Å². The molecule has 156 valence electrons. The molecule has 0 radical (unpaired) electrons. The van der Waals surface area contributed by atoms with E-state index in [-0.39, 0.29) is 18.1 Å². The molecule has 1 unspecified atom stereocenters. The lowest BCUT2D eigenvalue weighted by atomic mass is 9.84. The van der Waals surface area contributed by atoms with Crippen molar-refractivity contribution in [3.05, 3.63) is 96.1 Å². The van der Waals surface area contributed by atoms with Crippen LogP contribution >= 0.6 is 0 Å². The van der Waals surface area contributed by atoms with Gasteiger partial charge < -0.3 is 19.5 Å². The zero-order chi connectivity index (χ0) is 20.6. The molecule has 0 bridgehead atoms. The second-order valence-electron chi connectivity index (χ2n) is 7.38. The molecule has 4 nitrogen and oxygen atoms in total. The molecule has 30 heavy (non-hydrogen) atoms. The van der Waals surface area contributed by atoms with Gasteiger partial charge in [-0.1, -0.05) is 72.8 Å². The number of hydrogen-bond donors (Lipinski definition) is 1. The molecule has 0 spiro atoms. The van der Waals surface area contributed by atoms with Gasteiger partial charge in [-0.15, -0.1) is 0 Å². The Morgan fingerprint density at radius 2 is 1.50 bits per heavy atom. The number of hydrogen-bond acceptors (Lipinski definition) is 4. The van der Waals surface area contributed by atoms with Crippen LogP contribution in [-0.4, -0.2) is 32.4 Å². The van der Waals surface area contributed by atoms with E-state index in [9.17, 15) is 0 Å². The highest BCUT2D eigenvalue weighted by Crippen LogP contribution is 2.41. The number of ether oxygens (including phenoxy) is 3. The normalized spacial score (nSPS) is 18.4. The Kier molecular flexibility index (Phi) is 7.01. The molecular formula is C26H29NO3. The Morgan fingerprint density at radius 1 is 0.867 bits per heavy atom. The van der Waals surface area contributed by atoms with Crippen LogP contribution in [0.2, 0.25) is 0 Å². The van der Waals surface area contributed by atoms with Gasteiger partial charge in [0.15, 0.2) is 11.5 Å². The van der Waals surface area contributed by atoms with Gasteiger partial charge in [0.1, 0.15) is 6.10 Å². The van der Waals surface area contributed by atoms with Gasteiger partial charge in [0.25, 0.3) is 0 Å². The first-order valence-corrected chi connectivity index (χ1v) is 10.7. The zero-order valence-corrected chi connectivity index (χ0v) is 17.4. The van der Waals surface area contributed by atoms with Crippen LogP contribution < -0.4 is 14.8 Å². The summed E-state index contributed by atoms with van der Waals surface area (Å²) < 4.78 is 18.8. The molecule has 0 aliphatic carbocycles. The maximum Gasteiger partial charge on any atom is 0.162 e. The van der Waals surface area contributed by atoms with E-state index in [2.05, 4.69) is 53.8 Å². The third-order valence-electron chi connectivity index (χ3n) is 5.40. The fourth-order valence-electron chi connectivity index (χ4n) is 4.03. The summed E-state index contributed by atoms with van der Waals surface area (Å²) >= 11 is 0. The van der Waals surface area contributed by atoms with Crippen LogP contribution in [0, 0.1) is 0 Å². The Morgan fingerprint density at radius 3 is 2.13 bits per heavy atom. The molecule has 1 N–H and O–H groups in total. The van der Waals surface area contributed by atoms with Crippen molar-refractivity contribution in [3.8, 4) is 11.5 Å². The predicted octanol–water partition coefficient (Wildman–Crippen LogP) is 4.98. The lowest BCUT2D eigenvalue weighted by Gasteiger charge is -2.37. The second-order valence-corrected chi connectivity index (χ2v) is 7.38. The summed E-state index contributed by atoms with van der Waals surface area (Å²) in [4.78, 5) is 0. The molecule has 1 fully saturated rings. The molecule has 3 aromatic carbocycles. The lowest BCUT2D eigenvalue weighted by molar-refractivity contribution is -0.0185. The van der Waals surface area contributed by atoms with Crippen LogP contribution in [0.15, 0.2) is 84.9 Å². The van der Waals surface area contributed by atoms with Crippen LogP contribution in [-0.2, 0) is 4.74 Å². The van der Waals surface area contributed by atoms with Crippen LogP contribution in [0.5, 0.6) is 11.5 Å². The molecule has 1 heterocycles. The molecule has 4 heteroatoms. The fraction of sp³-hybridized carbons (Fsp3) is 0.308. The van der Waals surface area contributed by atoms with Gasteiger partial charge in [-0.3, -0.25) is 0 Å². The van der Waals surface area contributed by atoms with Crippen molar-refractivity contribution >= 4 is 0 Å². The maximum absolute atomic E-state index is 6.72. The Labute approximate surface area is 178 Å². The van der Waals surface area contributed by atoms with E-state index in [1.165, 1.54) is 5.56 Å². The smallest absolute Gasteiger partial charge is 0.162 e. The molecule has 0 saturated carbocycles. The summed E-state index contributed by atoms with van der Waals surface area (Å²) in [6, 6.07) is 28.8. The molecule has 1 aliphatic rings. The van der Waals surface area contributed by atoms with Gasteiger partial charge in [0.05, 0.1) is 25.2 Å². The van der Waals surface area contributed by atoms with Gasteiger partial charge in [-0.05, 0) is 30.2 Å². The molecule has 4 rings (SSSR count). The summed E-state index contributed by atoms with van der Waals surface area (Å²) in [5.74, 6) is 1.53. The number of rotatable bonds is 8. The second kappa shape index (κ2) is 10.3. The van der Waals surface area contributed by atoms with E-state index in [4.69, 9.17) is 14.2 Å². The highest BCUT2D eigenvalue weighted by Gasteiger charge is 2.36. The summed E-state index contributed by atoms with van der Waals surface area (Å²) in [6.07, 6.45) is -0.217. The van der Waals surface area contributed by atoms with Crippen LogP contribution in [0.1, 0.15) is 30.1 Å². The van der Waals surface area contributed by atoms with E-state index in [0.717, 1.165) is 30.2 Å². The van der Waals surface area contributed by atoms with E-state index in [1.807, 2.05) is 43.3 Å². The Hall–Kier alpha value is -2.82. The third-order valence-corrected chi connectivity index (χ3v) is 5.40. The van der Waals surface area contributed by atoms with Crippen LogP contribution in [0.3, 0.4) is 0 Å². The SMILES string of the molecule is CCOc1ccccc1O[C@@H](c1ccccc1)C(c1ccccc1)[C@@H]1CNCCO1. The van der Waals surface area contributed by atoms with Crippen molar-refractivity contribution in [2.45, 2.75) is 25.0 Å². The minimum absolute atomic E-state index is 0.00520. The molecule has 0 amide bonds. The van der Waals surface area contributed by atoms with E-state index >= 15 is 0 Å².